The first kappa shape index (κ1) is 11.5. The summed E-state index contributed by atoms with van der Waals surface area (Å²) in [6, 6.07) is 7.48. The molecule has 0 radical (unpaired) electrons. The van der Waals surface area contributed by atoms with Crippen LogP contribution in [0.3, 0.4) is 0 Å². The van der Waals surface area contributed by atoms with Gasteiger partial charge in [0.05, 0.1) is 11.1 Å². The highest BCUT2D eigenvalue weighted by molar-refractivity contribution is 6.08. The molecule has 96 valence electrons. The van der Waals surface area contributed by atoms with E-state index in [1.165, 1.54) is 0 Å². The molecule has 3 aromatic rings. The second kappa shape index (κ2) is 4.56. The number of carbonyl (C=O) groups is 1. The lowest BCUT2D eigenvalue weighted by atomic mass is 10.2. The second-order valence-electron chi connectivity index (χ2n) is 4.14. The van der Waals surface area contributed by atoms with Gasteiger partial charge in [0.2, 0.25) is 5.95 Å². The van der Waals surface area contributed by atoms with Gasteiger partial charge in [0.1, 0.15) is 5.82 Å². The minimum absolute atomic E-state index is 0.213. The summed E-state index contributed by atoms with van der Waals surface area (Å²) >= 11 is 0. The highest BCUT2D eigenvalue weighted by Gasteiger charge is 2.13. The highest BCUT2D eigenvalue weighted by Crippen LogP contribution is 2.13. The SMILES string of the molecule is CCc1nc(NC(=O)c2ccn3ccccc23)n[nH]1. The largest absolute Gasteiger partial charge is 0.323 e. The number of fused-ring (bicyclic) bond motifs is 1. The molecule has 0 bridgehead atoms. The van der Waals surface area contributed by atoms with Crippen molar-refractivity contribution in [1.82, 2.24) is 19.6 Å². The summed E-state index contributed by atoms with van der Waals surface area (Å²) in [4.78, 5) is 16.3. The third-order valence-electron chi connectivity index (χ3n) is 2.90. The number of rotatable bonds is 3. The molecule has 0 unspecified atom stereocenters. The van der Waals surface area contributed by atoms with E-state index < -0.39 is 0 Å². The molecular formula is C13H13N5O. The maximum Gasteiger partial charge on any atom is 0.260 e. The van der Waals surface area contributed by atoms with Crippen LogP contribution in [0.25, 0.3) is 5.52 Å². The van der Waals surface area contributed by atoms with Crippen LogP contribution in [0.4, 0.5) is 5.95 Å². The zero-order valence-electron chi connectivity index (χ0n) is 10.4. The number of hydrogen-bond acceptors (Lipinski definition) is 3. The zero-order valence-corrected chi connectivity index (χ0v) is 10.4. The van der Waals surface area contributed by atoms with Gasteiger partial charge in [-0.25, -0.2) is 0 Å². The maximum absolute atomic E-state index is 12.2. The highest BCUT2D eigenvalue weighted by atomic mass is 16.1. The molecule has 1 amide bonds. The Morgan fingerprint density at radius 2 is 2.26 bits per heavy atom. The van der Waals surface area contributed by atoms with E-state index in [1.807, 2.05) is 41.9 Å². The number of aryl methyl sites for hydroxylation is 1. The summed E-state index contributed by atoms with van der Waals surface area (Å²) in [5.41, 5.74) is 1.45. The standard InChI is InChI=1S/C13H13N5O/c1-2-11-14-13(17-16-11)15-12(19)9-6-8-18-7-4-3-5-10(9)18/h3-8H,2H2,1H3,(H2,14,15,16,17,19). The molecule has 0 aliphatic heterocycles. The molecule has 0 spiro atoms. The Balaban J connectivity index is 1.87. The van der Waals surface area contributed by atoms with Crippen LogP contribution in [-0.4, -0.2) is 25.5 Å². The summed E-state index contributed by atoms with van der Waals surface area (Å²) in [6.07, 6.45) is 4.49. The first-order valence-corrected chi connectivity index (χ1v) is 6.06. The van der Waals surface area contributed by atoms with Gasteiger partial charge in [-0.2, -0.15) is 4.98 Å². The minimum atomic E-state index is -0.213. The Morgan fingerprint density at radius 1 is 1.37 bits per heavy atom. The van der Waals surface area contributed by atoms with Gasteiger partial charge in [-0.05, 0) is 18.2 Å². The van der Waals surface area contributed by atoms with E-state index in [1.54, 1.807) is 6.07 Å². The van der Waals surface area contributed by atoms with Crippen LogP contribution >= 0.6 is 0 Å². The molecule has 3 rings (SSSR count). The van der Waals surface area contributed by atoms with E-state index >= 15 is 0 Å². The van der Waals surface area contributed by atoms with E-state index in [0.717, 1.165) is 17.8 Å². The molecule has 0 aliphatic carbocycles. The third kappa shape index (κ3) is 2.08. The van der Waals surface area contributed by atoms with Gasteiger partial charge in [-0.3, -0.25) is 15.2 Å². The first-order chi connectivity index (χ1) is 9.28. The third-order valence-corrected chi connectivity index (χ3v) is 2.90. The molecule has 0 saturated heterocycles. The van der Waals surface area contributed by atoms with E-state index in [0.29, 0.717) is 11.5 Å². The van der Waals surface area contributed by atoms with Crippen molar-refractivity contribution in [3.63, 3.8) is 0 Å². The fourth-order valence-corrected chi connectivity index (χ4v) is 1.92. The molecule has 0 aliphatic rings. The van der Waals surface area contributed by atoms with Crippen LogP contribution in [0.5, 0.6) is 0 Å². The molecule has 3 aromatic heterocycles. The Hall–Kier alpha value is -2.63. The Kier molecular flexibility index (Phi) is 2.75. The Labute approximate surface area is 109 Å². The van der Waals surface area contributed by atoms with Crippen LogP contribution in [-0.2, 0) is 6.42 Å². The van der Waals surface area contributed by atoms with Crippen molar-refractivity contribution in [2.24, 2.45) is 0 Å². The summed E-state index contributed by atoms with van der Waals surface area (Å²) in [7, 11) is 0. The lowest BCUT2D eigenvalue weighted by Crippen LogP contribution is -2.12. The average Bonchev–Trinajstić information content (AvgIpc) is 3.04. The number of H-pyrrole nitrogens is 1. The first-order valence-electron chi connectivity index (χ1n) is 6.06. The lowest BCUT2D eigenvalue weighted by Gasteiger charge is -2.00. The summed E-state index contributed by atoms with van der Waals surface area (Å²) in [5, 5.41) is 9.39. The van der Waals surface area contributed by atoms with Crippen molar-refractivity contribution in [3.8, 4) is 0 Å². The Morgan fingerprint density at radius 3 is 3.05 bits per heavy atom. The molecule has 2 N–H and O–H groups in total. The molecular weight excluding hydrogens is 242 g/mol. The van der Waals surface area contributed by atoms with Crippen LogP contribution < -0.4 is 5.32 Å². The van der Waals surface area contributed by atoms with Gasteiger partial charge >= 0.3 is 0 Å². The monoisotopic (exact) mass is 255 g/mol. The predicted octanol–water partition coefficient (Wildman–Crippen LogP) is 1.87. The normalized spacial score (nSPS) is 10.8. The van der Waals surface area contributed by atoms with E-state index in [9.17, 15) is 4.79 Å². The van der Waals surface area contributed by atoms with E-state index in [-0.39, 0.29) is 5.91 Å². The quantitative estimate of drug-likeness (QED) is 0.750. The summed E-state index contributed by atoms with van der Waals surface area (Å²) in [5.74, 6) is 0.838. The van der Waals surface area contributed by atoms with Crippen molar-refractivity contribution in [1.29, 1.82) is 0 Å². The molecule has 6 heteroatoms. The van der Waals surface area contributed by atoms with Crippen LogP contribution in [0.2, 0.25) is 0 Å². The number of nitrogens with zero attached hydrogens (tertiary/aromatic N) is 3. The number of amides is 1. The van der Waals surface area contributed by atoms with Crippen molar-refractivity contribution in [2.75, 3.05) is 5.32 Å². The zero-order chi connectivity index (χ0) is 13.2. The van der Waals surface area contributed by atoms with Gasteiger partial charge in [0.25, 0.3) is 5.91 Å². The summed E-state index contributed by atoms with van der Waals surface area (Å²) < 4.78 is 1.89. The fourth-order valence-electron chi connectivity index (χ4n) is 1.92. The fraction of sp³-hybridized carbons (Fsp3) is 0.154. The van der Waals surface area contributed by atoms with Crippen LogP contribution in [0.15, 0.2) is 36.7 Å². The van der Waals surface area contributed by atoms with Gasteiger partial charge < -0.3 is 4.40 Å². The number of carbonyl (C=O) groups excluding carboxylic acids is 1. The van der Waals surface area contributed by atoms with Gasteiger partial charge in [-0.1, -0.05) is 13.0 Å². The molecule has 0 aromatic carbocycles. The molecule has 0 atom stereocenters. The van der Waals surface area contributed by atoms with Gasteiger partial charge in [0.15, 0.2) is 0 Å². The van der Waals surface area contributed by atoms with Crippen molar-refractivity contribution >= 4 is 17.4 Å². The van der Waals surface area contributed by atoms with E-state index in [2.05, 4.69) is 20.5 Å². The van der Waals surface area contributed by atoms with Crippen molar-refractivity contribution in [2.45, 2.75) is 13.3 Å². The van der Waals surface area contributed by atoms with Crippen LogP contribution in [0.1, 0.15) is 23.1 Å². The predicted molar refractivity (Wildman–Crippen MR) is 71.1 cm³/mol. The molecule has 0 fully saturated rings. The molecule has 3 heterocycles. The molecule has 0 saturated carbocycles. The lowest BCUT2D eigenvalue weighted by molar-refractivity contribution is 0.102. The molecule has 19 heavy (non-hydrogen) atoms. The smallest absolute Gasteiger partial charge is 0.260 e. The summed E-state index contributed by atoms with van der Waals surface area (Å²) in [6.45, 7) is 1.97. The van der Waals surface area contributed by atoms with Gasteiger partial charge in [0, 0.05) is 18.8 Å². The van der Waals surface area contributed by atoms with Crippen LogP contribution in [0, 0.1) is 0 Å². The van der Waals surface area contributed by atoms with Crippen molar-refractivity contribution < 1.29 is 4.79 Å². The number of aromatic amines is 1. The van der Waals surface area contributed by atoms with E-state index in [4.69, 9.17) is 0 Å². The van der Waals surface area contributed by atoms with Gasteiger partial charge in [-0.15, -0.1) is 5.10 Å². The Bertz CT molecular complexity index is 727. The molecule has 6 nitrogen and oxygen atoms in total. The second-order valence-corrected chi connectivity index (χ2v) is 4.14. The number of pyridine rings is 1. The minimum Gasteiger partial charge on any atom is -0.323 e. The topological polar surface area (TPSA) is 75.1 Å². The average molecular weight is 255 g/mol. The number of hydrogen-bond donors (Lipinski definition) is 2. The number of aromatic nitrogens is 4. The number of anilines is 1. The van der Waals surface area contributed by atoms with Crippen molar-refractivity contribution in [3.05, 3.63) is 48.0 Å². The maximum atomic E-state index is 12.2. The number of nitrogens with one attached hydrogen (secondary N) is 2.